The van der Waals surface area contributed by atoms with Gasteiger partial charge in [-0.3, -0.25) is 0 Å². The first-order chi connectivity index (χ1) is 18.3. The first-order valence-corrected chi connectivity index (χ1v) is 11.5. The van der Waals surface area contributed by atoms with Crippen LogP contribution in [-0.4, -0.2) is 53.0 Å². The maximum atomic E-state index is 9.10. The van der Waals surface area contributed by atoms with Gasteiger partial charge in [-0.25, -0.2) is 14.6 Å². The fraction of sp³-hybridized carbons (Fsp3) is 0.179. The SMILES string of the molecule is COc1cc(CNc2ncc(-c3ccc(-c4ccccc4)cc3)n2C)cc(OC)c1OC.O=C(O)C(=O)O. The average Bonchev–Trinajstić information content (AvgIpc) is 3.31. The van der Waals surface area contributed by atoms with Gasteiger partial charge in [0.2, 0.25) is 11.7 Å². The van der Waals surface area contributed by atoms with Gasteiger partial charge in [0.1, 0.15) is 0 Å². The normalized spacial score (nSPS) is 10.1. The number of imidazole rings is 1. The van der Waals surface area contributed by atoms with Crippen LogP contribution in [0.3, 0.4) is 0 Å². The Morgan fingerprint density at radius 2 is 1.34 bits per heavy atom. The number of nitrogens with zero attached hydrogens (tertiary/aromatic N) is 2. The Balaban J connectivity index is 0.000000599. The number of anilines is 1. The summed E-state index contributed by atoms with van der Waals surface area (Å²) < 4.78 is 18.3. The summed E-state index contributed by atoms with van der Waals surface area (Å²) in [7, 11) is 6.83. The van der Waals surface area contributed by atoms with Crippen molar-refractivity contribution in [2.24, 2.45) is 7.05 Å². The van der Waals surface area contributed by atoms with Gasteiger partial charge in [-0.05, 0) is 34.4 Å². The minimum absolute atomic E-state index is 0.563. The predicted molar refractivity (Wildman–Crippen MR) is 143 cm³/mol. The molecule has 3 N–H and O–H groups in total. The van der Waals surface area contributed by atoms with Crippen LogP contribution in [0.15, 0.2) is 72.9 Å². The lowest BCUT2D eigenvalue weighted by atomic mass is 10.0. The van der Waals surface area contributed by atoms with E-state index in [2.05, 4.69) is 63.4 Å². The van der Waals surface area contributed by atoms with Gasteiger partial charge in [0, 0.05) is 13.6 Å². The van der Waals surface area contributed by atoms with Crippen LogP contribution in [0.1, 0.15) is 5.56 Å². The Morgan fingerprint density at radius 3 is 1.84 bits per heavy atom. The van der Waals surface area contributed by atoms with Crippen LogP contribution in [0.5, 0.6) is 17.2 Å². The average molecular weight is 520 g/mol. The zero-order chi connectivity index (χ0) is 27.7. The first kappa shape index (κ1) is 27.6. The molecule has 10 nitrogen and oxygen atoms in total. The molecule has 1 aromatic heterocycles. The van der Waals surface area contributed by atoms with E-state index in [9.17, 15) is 0 Å². The van der Waals surface area contributed by atoms with E-state index in [1.165, 1.54) is 11.1 Å². The van der Waals surface area contributed by atoms with Crippen LogP contribution in [0.25, 0.3) is 22.4 Å². The maximum Gasteiger partial charge on any atom is 0.414 e. The second-order valence-electron chi connectivity index (χ2n) is 7.97. The van der Waals surface area contributed by atoms with Crippen LogP contribution in [0.4, 0.5) is 5.95 Å². The summed E-state index contributed by atoms with van der Waals surface area (Å²) in [5.74, 6) is -1.03. The minimum atomic E-state index is -1.82. The number of hydrogen-bond donors (Lipinski definition) is 3. The molecule has 0 aliphatic carbocycles. The van der Waals surface area contributed by atoms with Crippen molar-refractivity contribution in [3.05, 3.63) is 78.5 Å². The van der Waals surface area contributed by atoms with Crippen LogP contribution in [-0.2, 0) is 23.2 Å². The van der Waals surface area contributed by atoms with Crippen molar-refractivity contribution in [3.8, 4) is 39.6 Å². The number of rotatable bonds is 8. The third-order valence-corrected chi connectivity index (χ3v) is 5.63. The summed E-state index contributed by atoms with van der Waals surface area (Å²) in [6, 6.07) is 22.8. The quantitative estimate of drug-likeness (QED) is 0.287. The van der Waals surface area contributed by atoms with Gasteiger partial charge < -0.3 is 34.3 Å². The summed E-state index contributed by atoms with van der Waals surface area (Å²) in [5.41, 5.74) is 5.54. The summed E-state index contributed by atoms with van der Waals surface area (Å²) >= 11 is 0. The molecule has 0 aliphatic rings. The smallest absolute Gasteiger partial charge is 0.414 e. The number of carboxylic acid groups (broad SMARTS) is 2. The summed E-state index contributed by atoms with van der Waals surface area (Å²) in [5, 5.41) is 18.2. The van der Waals surface area contributed by atoms with E-state index < -0.39 is 11.9 Å². The molecule has 0 saturated carbocycles. The second kappa shape index (κ2) is 12.8. The number of benzene rings is 3. The molecular weight excluding hydrogens is 490 g/mol. The molecule has 0 amide bonds. The van der Waals surface area contributed by atoms with Crippen molar-refractivity contribution >= 4 is 17.9 Å². The van der Waals surface area contributed by atoms with E-state index in [1.54, 1.807) is 21.3 Å². The molecule has 0 radical (unpaired) electrons. The summed E-state index contributed by atoms with van der Waals surface area (Å²) in [6.45, 7) is 0.563. The van der Waals surface area contributed by atoms with Crippen molar-refractivity contribution in [2.75, 3.05) is 26.6 Å². The van der Waals surface area contributed by atoms with Gasteiger partial charge in [-0.15, -0.1) is 0 Å². The van der Waals surface area contributed by atoms with Crippen molar-refractivity contribution in [1.29, 1.82) is 0 Å². The number of aromatic nitrogens is 2. The standard InChI is InChI=1S/C26H27N3O3.C2H2O4/c1-29-22(21-12-10-20(11-13-21)19-8-6-5-7-9-19)17-28-26(29)27-16-18-14-23(30-2)25(32-4)24(15-18)31-3;3-1(4)2(5)6/h5-15,17H,16H2,1-4H3,(H,27,28);(H,3,4)(H,5,6). The van der Waals surface area contributed by atoms with E-state index in [1.807, 2.05) is 31.4 Å². The minimum Gasteiger partial charge on any atom is -0.493 e. The van der Waals surface area contributed by atoms with E-state index in [0.29, 0.717) is 23.8 Å². The molecule has 10 heteroatoms. The Hall–Kier alpha value is -4.99. The highest BCUT2D eigenvalue weighted by atomic mass is 16.5. The van der Waals surface area contributed by atoms with Crippen molar-refractivity contribution in [1.82, 2.24) is 9.55 Å². The van der Waals surface area contributed by atoms with Gasteiger partial charge in [-0.1, -0.05) is 54.6 Å². The number of hydrogen-bond acceptors (Lipinski definition) is 7. The fourth-order valence-electron chi connectivity index (χ4n) is 3.72. The molecule has 4 aromatic rings. The van der Waals surface area contributed by atoms with Crippen molar-refractivity contribution in [3.63, 3.8) is 0 Å². The fourth-order valence-corrected chi connectivity index (χ4v) is 3.72. The van der Waals surface area contributed by atoms with Crippen molar-refractivity contribution in [2.45, 2.75) is 6.54 Å². The molecule has 0 unspecified atom stereocenters. The number of methoxy groups -OCH3 is 3. The number of carbonyl (C=O) groups is 2. The lowest BCUT2D eigenvalue weighted by molar-refractivity contribution is -0.159. The molecular formula is C28H29N3O7. The van der Waals surface area contributed by atoms with Gasteiger partial charge in [0.25, 0.3) is 0 Å². The topological polar surface area (TPSA) is 132 Å². The van der Waals surface area contributed by atoms with E-state index in [-0.39, 0.29) is 0 Å². The lowest BCUT2D eigenvalue weighted by Crippen LogP contribution is -2.09. The molecule has 0 spiro atoms. The Bertz CT molecular complexity index is 1350. The van der Waals surface area contributed by atoms with E-state index in [4.69, 9.17) is 34.0 Å². The highest BCUT2D eigenvalue weighted by Crippen LogP contribution is 2.38. The molecule has 38 heavy (non-hydrogen) atoms. The van der Waals surface area contributed by atoms with Crippen LogP contribution in [0.2, 0.25) is 0 Å². The number of nitrogens with one attached hydrogen (secondary N) is 1. The largest absolute Gasteiger partial charge is 0.493 e. The molecule has 3 aromatic carbocycles. The molecule has 198 valence electrons. The molecule has 0 aliphatic heterocycles. The third-order valence-electron chi connectivity index (χ3n) is 5.63. The molecule has 1 heterocycles. The number of carboxylic acids is 2. The van der Waals surface area contributed by atoms with Gasteiger partial charge in [0.15, 0.2) is 11.5 Å². The van der Waals surface area contributed by atoms with Crippen LogP contribution < -0.4 is 19.5 Å². The monoisotopic (exact) mass is 519 g/mol. The molecule has 0 bridgehead atoms. The predicted octanol–water partition coefficient (Wildman–Crippen LogP) is 4.55. The Kier molecular flexibility index (Phi) is 9.31. The second-order valence-corrected chi connectivity index (χ2v) is 7.97. The zero-order valence-electron chi connectivity index (χ0n) is 21.5. The summed E-state index contributed by atoms with van der Waals surface area (Å²) in [4.78, 5) is 22.8. The van der Waals surface area contributed by atoms with Gasteiger partial charge >= 0.3 is 11.9 Å². The summed E-state index contributed by atoms with van der Waals surface area (Å²) in [6.07, 6.45) is 1.88. The molecule has 0 atom stereocenters. The lowest BCUT2D eigenvalue weighted by Gasteiger charge is -2.15. The Labute approximate surface area is 220 Å². The third kappa shape index (κ3) is 6.61. The van der Waals surface area contributed by atoms with Gasteiger partial charge in [-0.2, -0.15) is 0 Å². The first-order valence-electron chi connectivity index (χ1n) is 11.5. The van der Waals surface area contributed by atoms with Gasteiger partial charge in [0.05, 0.1) is 33.2 Å². The molecule has 0 fully saturated rings. The molecule has 0 saturated heterocycles. The maximum absolute atomic E-state index is 9.10. The van der Waals surface area contributed by atoms with E-state index in [0.717, 1.165) is 22.8 Å². The van der Waals surface area contributed by atoms with Crippen molar-refractivity contribution < 1.29 is 34.0 Å². The highest BCUT2D eigenvalue weighted by Gasteiger charge is 2.14. The number of ether oxygens (including phenoxy) is 3. The van der Waals surface area contributed by atoms with Crippen LogP contribution >= 0.6 is 0 Å². The van der Waals surface area contributed by atoms with Crippen LogP contribution in [0, 0.1) is 0 Å². The number of aliphatic carboxylic acids is 2. The highest BCUT2D eigenvalue weighted by molar-refractivity contribution is 6.27. The molecule has 4 rings (SSSR count). The van der Waals surface area contributed by atoms with E-state index >= 15 is 0 Å². The Morgan fingerprint density at radius 1 is 0.816 bits per heavy atom. The zero-order valence-corrected chi connectivity index (χ0v) is 21.5.